The van der Waals surface area contributed by atoms with E-state index in [1.165, 1.54) is 0 Å². The number of carbonyl (C=O) groups is 1. The van der Waals surface area contributed by atoms with Crippen LogP contribution in [0.4, 0.5) is 5.82 Å². The van der Waals surface area contributed by atoms with E-state index in [9.17, 15) is 4.79 Å². The van der Waals surface area contributed by atoms with Gasteiger partial charge in [0.05, 0.1) is 10.2 Å². The van der Waals surface area contributed by atoms with Gasteiger partial charge in [-0.05, 0) is 34.0 Å². The number of hydrogen-bond donors (Lipinski definition) is 1. The van der Waals surface area contributed by atoms with E-state index in [1.807, 2.05) is 13.8 Å². The molecule has 18 heavy (non-hydrogen) atoms. The van der Waals surface area contributed by atoms with Crippen LogP contribution >= 0.6 is 15.9 Å². The number of nitrogens with zero attached hydrogens (tertiary/aromatic N) is 2. The largest absolute Gasteiger partial charge is 0.351 e. The van der Waals surface area contributed by atoms with Crippen molar-refractivity contribution in [2.45, 2.75) is 19.8 Å². The lowest BCUT2D eigenvalue weighted by Gasteiger charge is -2.02. The molecular formula is C12H12BrN3O2. The molecule has 0 fully saturated rings. The van der Waals surface area contributed by atoms with Crippen LogP contribution < -0.4 is 5.32 Å². The van der Waals surface area contributed by atoms with Gasteiger partial charge in [0.25, 0.3) is 5.91 Å². The third-order valence-electron chi connectivity index (χ3n) is 2.33. The van der Waals surface area contributed by atoms with E-state index < -0.39 is 0 Å². The van der Waals surface area contributed by atoms with Gasteiger partial charge >= 0.3 is 0 Å². The SMILES string of the molecule is CC(C)c1cc(C(=O)Nc2ncccc2Br)on1. The predicted octanol–water partition coefficient (Wildman–Crippen LogP) is 3.21. The van der Waals surface area contributed by atoms with E-state index in [-0.39, 0.29) is 17.6 Å². The van der Waals surface area contributed by atoms with Crippen molar-refractivity contribution in [3.8, 4) is 0 Å². The van der Waals surface area contributed by atoms with Crippen molar-refractivity contribution in [2.75, 3.05) is 5.32 Å². The molecule has 0 aliphatic rings. The summed E-state index contributed by atoms with van der Waals surface area (Å²) >= 11 is 3.30. The third-order valence-corrected chi connectivity index (χ3v) is 2.97. The maximum atomic E-state index is 11.9. The van der Waals surface area contributed by atoms with Crippen LogP contribution in [-0.4, -0.2) is 16.0 Å². The molecule has 5 nitrogen and oxygen atoms in total. The van der Waals surface area contributed by atoms with Crippen molar-refractivity contribution in [1.29, 1.82) is 0 Å². The summed E-state index contributed by atoms with van der Waals surface area (Å²) in [5, 5.41) is 6.48. The molecule has 0 saturated heterocycles. The smallest absolute Gasteiger partial charge is 0.295 e. The van der Waals surface area contributed by atoms with Crippen LogP contribution in [-0.2, 0) is 0 Å². The Labute approximate surface area is 113 Å². The first-order valence-corrected chi connectivity index (χ1v) is 6.25. The molecule has 2 rings (SSSR count). The van der Waals surface area contributed by atoms with Crippen LogP contribution in [0.15, 0.2) is 33.4 Å². The molecule has 2 aromatic rings. The Bertz CT molecular complexity index is 566. The van der Waals surface area contributed by atoms with Gasteiger partial charge in [-0.2, -0.15) is 0 Å². The van der Waals surface area contributed by atoms with E-state index in [0.29, 0.717) is 10.3 Å². The summed E-state index contributed by atoms with van der Waals surface area (Å²) in [5.74, 6) is 0.479. The Morgan fingerprint density at radius 2 is 2.28 bits per heavy atom. The van der Waals surface area contributed by atoms with Gasteiger partial charge in [-0.3, -0.25) is 4.79 Å². The second-order valence-corrected chi connectivity index (χ2v) is 4.91. The number of rotatable bonds is 3. The molecular weight excluding hydrogens is 298 g/mol. The summed E-state index contributed by atoms with van der Waals surface area (Å²) in [4.78, 5) is 15.9. The van der Waals surface area contributed by atoms with Gasteiger partial charge in [-0.15, -0.1) is 0 Å². The summed E-state index contributed by atoms with van der Waals surface area (Å²) in [6.07, 6.45) is 1.60. The molecule has 0 unspecified atom stereocenters. The fourth-order valence-electron chi connectivity index (χ4n) is 1.31. The van der Waals surface area contributed by atoms with Crippen LogP contribution in [0.1, 0.15) is 36.0 Å². The lowest BCUT2D eigenvalue weighted by atomic mass is 10.1. The Kier molecular flexibility index (Phi) is 3.76. The molecule has 94 valence electrons. The second kappa shape index (κ2) is 5.30. The zero-order chi connectivity index (χ0) is 13.1. The number of nitrogens with one attached hydrogen (secondary N) is 1. The minimum Gasteiger partial charge on any atom is -0.351 e. The molecule has 0 bridgehead atoms. The van der Waals surface area contributed by atoms with Crippen LogP contribution in [0.25, 0.3) is 0 Å². The van der Waals surface area contributed by atoms with Gasteiger partial charge in [-0.1, -0.05) is 19.0 Å². The molecule has 0 aromatic carbocycles. The standard InChI is InChI=1S/C12H12BrN3O2/c1-7(2)9-6-10(18-16-9)12(17)15-11-8(13)4-3-5-14-11/h3-7H,1-2H3,(H,14,15,17). The van der Waals surface area contributed by atoms with Crippen molar-refractivity contribution in [2.24, 2.45) is 0 Å². The van der Waals surface area contributed by atoms with Crippen molar-refractivity contribution in [3.05, 3.63) is 40.3 Å². The Morgan fingerprint density at radius 1 is 1.50 bits per heavy atom. The molecule has 0 saturated carbocycles. The van der Waals surface area contributed by atoms with Gasteiger partial charge in [0, 0.05) is 12.3 Å². The van der Waals surface area contributed by atoms with Crippen LogP contribution in [0.3, 0.4) is 0 Å². The van der Waals surface area contributed by atoms with Crippen LogP contribution in [0.2, 0.25) is 0 Å². The molecule has 6 heteroatoms. The summed E-state index contributed by atoms with van der Waals surface area (Å²) in [7, 11) is 0. The normalized spacial score (nSPS) is 10.7. The predicted molar refractivity (Wildman–Crippen MR) is 70.5 cm³/mol. The highest BCUT2D eigenvalue weighted by Crippen LogP contribution is 2.20. The lowest BCUT2D eigenvalue weighted by molar-refractivity contribution is 0.0987. The van der Waals surface area contributed by atoms with E-state index in [0.717, 1.165) is 5.69 Å². The quantitative estimate of drug-likeness (QED) is 0.945. The van der Waals surface area contributed by atoms with Crippen LogP contribution in [0, 0.1) is 0 Å². The number of anilines is 1. The highest BCUT2D eigenvalue weighted by Gasteiger charge is 2.16. The zero-order valence-corrected chi connectivity index (χ0v) is 11.6. The molecule has 0 aliphatic heterocycles. The van der Waals surface area contributed by atoms with Gasteiger partial charge in [0.2, 0.25) is 5.76 Å². The van der Waals surface area contributed by atoms with Crippen molar-refractivity contribution < 1.29 is 9.32 Å². The maximum absolute atomic E-state index is 11.9. The summed E-state index contributed by atoms with van der Waals surface area (Å²) in [5.41, 5.74) is 0.750. The fourth-order valence-corrected chi connectivity index (χ4v) is 1.67. The molecule has 0 atom stereocenters. The average molecular weight is 310 g/mol. The lowest BCUT2D eigenvalue weighted by Crippen LogP contribution is -2.12. The number of amides is 1. The van der Waals surface area contributed by atoms with E-state index in [4.69, 9.17) is 4.52 Å². The fraction of sp³-hybridized carbons (Fsp3) is 0.250. The van der Waals surface area contributed by atoms with Crippen LogP contribution in [0.5, 0.6) is 0 Å². The summed E-state index contributed by atoms with van der Waals surface area (Å²) in [6.45, 7) is 3.96. The van der Waals surface area contributed by atoms with E-state index in [2.05, 4.69) is 31.4 Å². The summed E-state index contributed by atoms with van der Waals surface area (Å²) in [6, 6.07) is 5.20. The molecule has 2 aromatic heterocycles. The number of carbonyl (C=O) groups excluding carboxylic acids is 1. The number of pyridine rings is 1. The number of hydrogen-bond acceptors (Lipinski definition) is 4. The Hall–Kier alpha value is -1.69. The third kappa shape index (κ3) is 2.76. The molecule has 0 radical (unpaired) electrons. The minimum atomic E-state index is -0.367. The van der Waals surface area contributed by atoms with Gasteiger partial charge in [0.1, 0.15) is 5.82 Å². The van der Waals surface area contributed by atoms with Crippen molar-refractivity contribution >= 4 is 27.7 Å². The zero-order valence-electron chi connectivity index (χ0n) is 9.98. The van der Waals surface area contributed by atoms with Gasteiger partial charge < -0.3 is 9.84 Å². The molecule has 1 amide bonds. The first-order chi connectivity index (χ1) is 8.58. The Balaban J connectivity index is 2.15. The number of aromatic nitrogens is 2. The minimum absolute atomic E-state index is 0.177. The van der Waals surface area contributed by atoms with Gasteiger partial charge in [0.15, 0.2) is 0 Å². The highest BCUT2D eigenvalue weighted by atomic mass is 79.9. The highest BCUT2D eigenvalue weighted by molar-refractivity contribution is 9.10. The Morgan fingerprint density at radius 3 is 2.89 bits per heavy atom. The topological polar surface area (TPSA) is 68.0 Å². The first kappa shape index (κ1) is 12.8. The monoisotopic (exact) mass is 309 g/mol. The molecule has 1 N–H and O–H groups in total. The van der Waals surface area contributed by atoms with Gasteiger partial charge in [-0.25, -0.2) is 4.98 Å². The molecule has 2 heterocycles. The van der Waals surface area contributed by atoms with Crippen molar-refractivity contribution in [3.63, 3.8) is 0 Å². The molecule has 0 aliphatic carbocycles. The number of halogens is 1. The first-order valence-electron chi connectivity index (χ1n) is 5.46. The van der Waals surface area contributed by atoms with E-state index >= 15 is 0 Å². The summed E-state index contributed by atoms with van der Waals surface area (Å²) < 4.78 is 5.70. The average Bonchev–Trinajstić information content (AvgIpc) is 2.81. The molecule has 0 spiro atoms. The van der Waals surface area contributed by atoms with E-state index in [1.54, 1.807) is 24.4 Å². The maximum Gasteiger partial charge on any atom is 0.295 e. The van der Waals surface area contributed by atoms with Crippen molar-refractivity contribution in [1.82, 2.24) is 10.1 Å². The second-order valence-electron chi connectivity index (χ2n) is 4.06.